The van der Waals surface area contributed by atoms with Gasteiger partial charge in [-0.2, -0.15) is 0 Å². The van der Waals surface area contributed by atoms with Crippen molar-refractivity contribution in [3.63, 3.8) is 0 Å². The number of morpholine rings is 1. The fourth-order valence-corrected chi connectivity index (χ4v) is 3.70. The van der Waals surface area contributed by atoms with Crippen LogP contribution in [0, 0.1) is 0 Å². The van der Waals surface area contributed by atoms with Crippen LogP contribution in [0.25, 0.3) is 0 Å². The van der Waals surface area contributed by atoms with Crippen molar-refractivity contribution in [3.8, 4) is 0 Å². The van der Waals surface area contributed by atoms with Gasteiger partial charge in [-0.25, -0.2) is 9.97 Å². The maximum atomic E-state index is 6.38. The lowest BCUT2D eigenvalue weighted by molar-refractivity contribution is 0.0378. The summed E-state index contributed by atoms with van der Waals surface area (Å²) in [6.45, 7) is 7.92. The highest BCUT2D eigenvalue weighted by atomic mass is 16.5. The maximum Gasteiger partial charge on any atom is 0.157 e. The minimum Gasteiger partial charge on any atom is -0.393 e. The smallest absolute Gasteiger partial charge is 0.157 e. The van der Waals surface area contributed by atoms with Crippen LogP contribution >= 0.6 is 0 Å². The highest BCUT2D eigenvalue weighted by Gasteiger charge is 2.23. The molecule has 0 saturated carbocycles. The molecule has 3 N–H and O–H groups in total. The molecule has 0 radical (unpaired) electrons. The molecule has 1 aromatic rings. The summed E-state index contributed by atoms with van der Waals surface area (Å²) in [6.07, 6.45) is 4.95. The maximum absolute atomic E-state index is 6.38. The van der Waals surface area contributed by atoms with Crippen molar-refractivity contribution in [1.82, 2.24) is 19.8 Å². The first kappa shape index (κ1) is 19.1. The molecule has 0 amide bonds. The molecular formula is C18H33N7O. The van der Waals surface area contributed by atoms with Gasteiger partial charge < -0.3 is 25.6 Å². The van der Waals surface area contributed by atoms with E-state index < -0.39 is 0 Å². The second kappa shape index (κ2) is 9.34. The zero-order valence-corrected chi connectivity index (χ0v) is 16.2. The molecule has 146 valence electrons. The van der Waals surface area contributed by atoms with E-state index in [1.807, 2.05) is 0 Å². The summed E-state index contributed by atoms with van der Waals surface area (Å²) < 4.78 is 5.38. The molecule has 0 aromatic carbocycles. The first-order chi connectivity index (χ1) is 12.6. The van der Waals surface area contributed by atoms with Crippen molar-refractivity contribution >= 4 is 17.3 Å². The molecule has 0 unspecified atom stereocenters. The van der Waals surface area contributed by atoms with E-state index >= 15 is 0 Å². The van der Waals surface area contributed by atoms with Crippen LogP contribution in [-0.2, 0) is 4.74 Å². The van der Waals surface area contributed by atoms with Gasteiger partial charge in [0, 0.05) is 32.7 Å². The Balaban J connectivity index is 1.51. The summed E-state index contributed by atoms with van der Waals surface area (Å²) in [5, 5.41) is 3.39. The van der Waals surface area contributed by atoms with E-state index in [0.29, 0.717) is 11.7 Å². The van der Waals surface area contributed by atoms with Crippen molar-refractivity contribution in [2.45, 2.75) is 25.3 Å². The van der Waals surface area contributed by atoms with Crippen molar-refractivity contribution in [3.05, 3.63) is 6.33 Å². The highest BCUT2D eigenvalue weighted by Crippen LogP contribution is 2.28. The molecule has 8 nitrogen and oxygen atoms in total. The van der Waals surface area contributed by atoms with E-state index in [1.54, 1.807) is 6.33 Å². The first-order valence-electron chi connectivity index (χ1n) is 9.71. The van der Waals surface area contributed by atoms with E-state index in [0.717, 1.165) is 83.4 Å². The number of ether oxygens (including phenoxy) is 1. The van der Waals surface area contributed by atoms with Crippen LogP contribution in [0.15, 0.2) is 6.33 Å². The normalized spacial score (nSPS) is 20.2. The summed E-state index contributed by atoms with van der Waals surface area (Å²) in [5.74, 6) is 1.59. The molecule has 2 aliphatic heterocycles. The van der Waals surface area contributed by atoms with Gasteiger partial charge in [0.1, 0.15) is 12.0 Å². The van der Waals surface area contributed by atoms with E-state index in [1.165, 1.54) is 0 Å². The second-order valence-corrected chi connectivity index (χ2v) is 7.34. The summed E-state index contributed by atoms with van der Waals surface area (Å²) in [6, 6.07) is 0.484. The third-order valence-corrected chi connectivity index (χ3v) is 5.48. The third kappa shape index (κ3) is 4.96. The third-order valence-electron chi connectivity index (χ3n) is 5.48. The van der Waals surface area contributed by atoms with Gasteiger partial charge >= 0.3 is 0 Å². The standard InChI is InChI=1S/C18H33N7O/c1-23-8-4-15(5-9-23)24(2)18-16(19)17(21-14-22-18)20-6-3-7-25-10-12-26-13-11-25/h14-15H,3-13,19H2,1-2H3,(H,20,21,22). The summed E-state index contributed by atoms with van der Waals surface area (Å²) in [7, 11) is 4.27. The number of anilines is 3. The van der Waals surface area contributed by atoms with E-state index in [9.17, 15) is 0 Å². The fraction of sp³-hybridized carbons (Fsp3) is 0.778. The minimum atomic E-state index is 0.484. The number of aromatic nitrogens is 2. The molecule has 0 atom stereocenters. The van der Waals surface area contributed by atoms with Crippen LogP contribution in [0.1, 0.15) is 19.3 Å². The average molecular weight is 364 g/mol. The summed E-state index contributed by atoms with van der Waals surface area (Å²) in [5.41, 5.74) is 7.03. The number of nitrogens with one attached hydrogen (secondary N) is 1. The monoisotopic (exact) mass is 363 g/mol. The fourth-order valence-electron chi connectivity index (χ4n) is 3.70. The van der Waals surface area contributed by atoms with Gasteiger partial charge in [-0.05, 0) is 45.9 Å². The van der Waals surface area contributed by atoms with Crippen LogP contribution in [0.2, 0.25) is 0 Å². The second-order valence-electron chi connectivity index (χ2n) is 7.34. The van der Waals surface area contributed by atoms with Gasteiger partial charge in [-0.1, -0.05) is 0 Å². The van der Waals surface area contributed by atoms with Crippen LogP contribution in [0.5, 0.6) is 0 Å². The van der Waals surface area contributed by atoms with E-state index in [4.69, 9.17) is 10.5 Å². The molecule has 0 spiro atoms. The Morgan fingerprint density at radius 3 is 2.69 bits per heavy atom. The SMILES string of the molecule is CN1CCC(N(C)c2ncnc(NCCCN3CCOCC3)c2N)CC1. The lowest BCUT2D eigenvalue weighted by atomic mass is 10.0. The minimum absolute atomic E-state index is 0.484. The summed E-state index contributed by atoms with van der Waals surface area (Å²) in [4.78, 5) is 15.8. The molecule has 2 saturated heterocycles. The molecule has 1 aromatic heterocycles. The number of rotatable bonds is 7. The zero-order valence-electron chi connectivity index (χ0n) is 16.2. The van der Waals surface area contributed by atoms with Crippen molar-refractivity contribution in [1.29, 1.82) is 0 Å². The van der Waals surface area contributed by atoms with Crippen LogP contribution in [0.3, 0.4) is 0 Å². The predicted molar refractivity (Wildman–Crippen MR) is 106 cm³/mol. The van der Waals surface area contributed by atoms with Gasteiger partial charge in [0.25, 0.3) is 0 Å². The van der Waals surface area contributed by atoms with Crippen molar-refractivity contribution in [2.24, 2.45) is 0 Å². The topological polar surface area (TPSA) is 82.8 Å². The molecule has 2 fully saturated rings. The van der Waals surface area contributed by atoms with Gasteiger partial charge in [0.15, 0.2) is 11.6 Å². The quantitative estimate of drug-likeness (QED) is 0.686. The lowest BCUT2D eigenvalue weighted by Crippen LogP contribution is -2.42. The van der Waals surface area contributed by atoms with Gasteiger partial charge in [0.2, 0.25) is 0 Å². The zero-order chi connectivity index (χ0) is 18.4. The molecule has 8 heteroatoms. The molecule has 26 heavy (non-hydrogen) atoms. The van der Waals surface area contributed by atoms with Crippen LogP contribution in [-0.4, -0.2) is 92.4 Å². The highest BCUT2D eigenvalue weighted by molar-refractivity contribution is 5.74. The number of nitrogen functional groups attached to an aromatic ring is 1. The van der Waals surface area contributed by atoms with Crippen molar-refractivity contribution < 1.29 is 4.74 Å². The number of piperidine rings is 1. The molecule has 3 rings (SSSR count). The average Bonchev–Trinajstić information content (AvgIpc) is 2.67. The number of hydrogen-bond donors (Lipinski definition) is 2. The number of nitrogens with two attached hydrogens (primary N) is 1. The number of nitrogens with zero attached hydrogens (tertiary/aromatic N) is 5. The Morgan fingerprint density at radius 1 is 1.23 bits per heavy atom. The lowest BCUT2D eigenvalue weighted by Gasteiger charge is -2.36. The Labute approximate surface area is 156 Å². The van der Waals surface area contributed by atoms with Gasteiger partial charge in [0.05, 0.1) is 13.2 Å². The number of hydrogen-bond acceptors (Lipinski definition) is 8. The largest absolute Gasteiger partial charge is 0.393 e. The Morgan fingerprint density at radius 2 is 1.96 bits per heavy atom. The van der Waals surface area contributed by atoms with Gasteiger partial charge in [-0.3, -0.25) is 4.90 Å². The summed E-state index contributed by atoms with van der Waals surface area (Å²) >= 11 is 0. The van der Waals surface area contributed by atoms with Crippen molar-refractivity contribution in [2.75, 3.05) is 82.5 Å². The van der Waals surface area contributed by atoms with Crippen LogP contribution in [0.4, 0.5) is 17.3 Å². The Hall–Kier alpha value is -1.64. The first-order valence-corrected chi connectivity index (χ1v) is 9.71. The van der Waals surface area contributed by atoms with Crippen LogP contribution < -0.4 is 16.0 Å². The molecule has 0 aliphatic carbocycles. The molecule has 3 heterocycles. The Bertz CT molecular complexity index is 556. The van der Waals surface area contributed by atoms with E-state index in [-0.39, 0.29) is 0 Å². The number of likely N-dealkylation sites (tertiary alicyclic amines) is 1. The molecular weight excluding hydrogens is 330 g/mol. The predicted octanol–water partition coefficient (Wildman–Crippen LogP) is 0.723. The van der Waals surface area contributed by atoms with E-state index in [2.05, 4.69) is 44.1 Å². The molecule has 0 bridgehead atoms. The Kier molecular flexibility index (Phi) is 6.87. The molecule has 2 aliphatic rings. The van der Waals surface area contributed by atoms with Gasteiger partial charge in [-0.15, -0.1) is 0 Å².